The summed E-state index contributed by atoms with van der Waals surface area (Å²) in [6.45, 7) is 6.85. The fraction of sp³-hybridized carbons (Fsp3) is 0.406. The molecule has 4 rings (SSSR count). The van der Waals surface area contributed by atoms with Crippen LogP contribution in [0, 0.1) is 0 Å². The summed E-state index contributed by atoms with van der Waals surface area (Å²) in [7, 11) is -4.64. The van der Waals surface area contributed by atoms with E-state index in [1.807, 2.05) is 12.1 Å². The molecule has 0 saturated carbocycles. The summed E-state index contributed by atoms with van der Waals surface area (Å²) < 4.78 is 108. The Morgan fingerprint density at radius 3 is 2.18 bits per heavy atom. The van der Waals surface area contributed by atoms with Gasteiger partial charge in [0.2, 0.25) is 15.9 Å². The third-order valence-corrected chi connectivity index (χ3v) is 8.95. The molecule has 2 atom stereocenters. The van der Waals surface area contributed by atoms with E-state index in [1.165, 1.54) is 0 Å². The molecule has 1 amide bonds. The van der Waals surface area contributed by atoms with Gasteiger partial charge in [-0.05, 0) is 92.6 Å². The highest BCUT2D eigenvalue weighted by molar-refractivity contribution is 7.89. The van der Waals surface area contributed by atoms with Gasteiger partial charge in [-0.3, -0.25) is 4.79 Å². The van der Waals surface area contributed by atoms with Crippen LogP contribution in [-0.2, 0) is 40.1 Å². The van der Waals surface area contributed by atoms with Crippen molar-refractivity contribution in [1.29, 1.82) is 0 Å². The molecule has 0 spiro atoms. The summed E-state index contributed by atoms with van der Waals surface area (Å²) in [5, 5.41) is 6.36. The van der Waals surface area contributed by atoms with Crippen molar-refractivity contribution in [3.63, 3.8) is 0 Å². The van der Waals surface area contributed by atoms with Gasteiger partial charge in [-0.2, -0.15) is 26.3 Å². The van der Waals surface area contributed by atoms with Crippen molar-refractivity contribution in [2.24, 2.45) is 0 Å². The average molecular weight is 656 g/mol. The van der Waals surface area contributed by atoms with E-state index in [9.17, 15) is 39.6 Å². The van der Waals surface area contributed by atoms with Crippen LogP contribution in [-0.4, -0.2) is 19.9 Å². The number of carbonyl (C=O) groups is 1. The zero-order chi connectivity index (χ0) is 33.2. The number of hydrogen-bond acceptors (Lipinski definition) is 4. The van der Waals surface area contributed by atoms with E-state index in [2.05, 4.69) is 42.2 Å². The number of aryl methyl sites for hydroxylation is 1. The Kier molecular flexibility index (Phi) is 10.1. The zero-order valence-electron chi connectivity index (χ0n) is 24.9. The van der Waals surface area contributed by atoms with Crippen LogP contribution < -0.4 is 15.4 Å². The summed E-state index contributed by atoms with van der Waals surface area (Å²) in [6.07, 6.45) is -7.74. The fourth-order valence-corrected chi connectivity index (χ4v) is 6.43. The molecule has 1 aliphatic rings. The number of rotatable bonds is 9. The standard InChI is InChI=1S/C32H35F6N3O3S/c1-30(2,3)39-19-20-10-15-26-22(16-20)6-4-9-27(26)40-29(42)18-28(21-11-13-23(14-12-21)31(33,34)35)41-45(43,44)25-8-5-7-24(17-25)32(36,37)38/h5,7-8,10-17,27-28,39,41H,4,6,9,18-19H2,1-3H3,(H,40,42)/t27-,28-/m1/s1. The van der Waals surface area contributed by atoms with Crippen molar-refractivity contribution in [2.45, 2.75) is 87.9 Å². The molecule has 0 heterocycles. The Morgan fingerprint density at radius 2 is 1.56 bits per heavy atom. The highest BCUT2D eigenvalue weighted by atomic mass is 32.2. The summed E-state index contributed by atoms with van der Waals surface area (Å²) in [6, 6.07) is 10.9. The van der Waals surface area contributed by atoms with E-state index in [4.69, 9.17) is 0 Å². The molecule has 0 unspecified atom stereocenters. The maximum atomic E-state index is 13.3. The van der Waals surface area contributed by atoms with E-state index in [0.717, 1.165) is 65.9 Å². The predicted octanol–water partition coefficient (Wildman–Crippen LogP) is 7.22. The van der Waals surface area contributed by atoms with Gasteiger partial charge in [0.1, 0.15) is 0 Å². The quantitative estimate of drug-likeness (QED) is 0.213. The van der Waals surface area contributed by atoms with Crippen molar-refractivity contribution in [1.82, 2.24) is 15.4 Å². The molecule has 13 heteroatoms. The lowest BCUT2D eigenvalue weighted by Crippen LogP contribution is -2.36. The van der Waals surface area contributed by atoms with E-state index < -0.39 is 56.8 Å². The van der Waals surface area contributed by atoms with Crippen LogP contribution in [0.25, 0.3) is 0 Å². The van der Waals surface area contributed by atoms with Crippen LogP contribution in [0.15, 0.2) is 71.6 Å². The van der Waals surface area contributed by atoms with Crippen molar-refractivity contribution in [3.8, 4) is 0 Å². The van der Waals surface area contributed by atoms with Crippen molar-refractivity contribution in [3.05, 3.63) is 100 Å². The number of hydrogen-bond donors (Lipinski definition) is 3. The van der Waals surface area contributed by atoms with Crippen molar-refractivity contribution in [2.75, 3.05) is 0 Å². The van der Waals surface area contributed by atoms with Crippen LogP contribution >= 0.6 is 0 Å². The average Bonchev–Trinajstić information content (AvgIpc) is 2.94. The summed E-state index contributed by atoms with van der Waals surface area (Å²) >= 11 is 0. The van der Waals surface area contributed by atoms with Crippen LogP contribution in [0.4, 0.5) is 26.3 Å². The second-order valence-electron chi connectivity index (χ2n) is 12.2. The van der Waals surface area contributed by atoms with Gasteiger partial charge >= 0.3 is 12.4 Å². The number of halogens is 6. The molecule has 0 fully saturated rings. The third-order valence-electron chi connectivity index (χ3n) is 7.48. The monoisotopic (exact) mass is 655 g/mol. The molecule has 0 aliphatic heterocycles. The molecular weight excluding hydrogens is 620 g/mol. The number of nitrogens with one attached hydrogen (secondary N) is 3. The lowest BCUT2D eigenvalue weighted by molar-refractivity contribution is -0.138. The normalized spacial score (nSPS) is 16.6. The van der Waals surface area contributed by atoms with E-state index in [0.29, 0.717) is 25.1 Å². The van der Waals surface area contributed by atoms with E-state index in [-0.39, 0.29) is 17.1 Å². The Morgan fingerprint density at radius 1 is 0.889 bits per heavy atom. The fourth-order valence-electron chi connectivity index (χ4n) is 5.16. The Labute approximate surface area is 258 Å². The number of sulfonamides is 1. The van der Waals surface area contributed by atoms with Gasteiger partial charge in [0.15, 0.2) is 0 Å². The lowest BCUT2D eigenvalue weighted by atomic mass is 9.86. The molecule has 3 aromatic carbocycles. The second-order valence-corrected chi connectivity index (χ2v) is 13.9. The lowest BCUT2D eigenvalue weighted by Gasteiger charge is -2.28. The first-order valence-corrected chi connectivity index (χ1v) is 15.8. The largest absolute Gasteiger partial charge is 0.416 e. The van der Waals surface area contributed by atoms with Crippen molar-refractivity contribution < 1.29 is 39.6 Å². The second kappa shape index (κ2) is 13.1. The van der Waals surface area contributed by atoms with Gasteiger partial charge in [0.05, 0.1) is 28.1 Å². The van der Waals surface area contributed by atoms with Gasteiger partial charge in [0.25, 0.3) is 0 Å². The van der Waals surface area contributed by atoms with Crippen LogP contribution in [0.3, 0.4) is 0 Å². The van der Waals surface area contributed by atoms with Gasteiger partial charge in [0, 0.05) is 18.5 Å². The molecule has 1 aliphatic carbocycles. The van der Waals surface area contributed by atoms with Gasteiger partial charge in [-0.15, -0.1) is 0 Å². The number of carbonyl (C=O) groups excluding carboxylic acids is 1. The Hall–Kier alpha value is -3.42. The Bertz CT molecular complexity index is 1610. The first-order valence-electron chi connectivity index (χ1n) is 14.3. The summed E-state index contributed by atoms with van der Waals surface area (Å²) in [5.74, 6) is -0.581. The molecule has 0 bridgehead atoms. The Balaban J connectivity index is 1.57. The predicted molar refractivity (Wildman–Crippen MR) is 157 cm³/mol. The zero-order valence-corrected chi connectivity index (χ0v) is 25.8. The molecule has 244 valence electrons. The SMILES string of the molecule is CC(C)(C)NCc1ccc2c(c1)CCC[C@H]2NC(=O)C[C@@H](NS(=O)(=O)c1cccc(C(F)(F)F)c1)c1ccc(C(F)(F)F)cc1. The van der Waals surface area contributed by atoms with Gasteiger partial charge in [-0.1, -0.05) is 36.4 Å². The molecule has 3 N–H and O–H groups in total. The minimum Gasteiger partial charge on any atom is -0.349 e. The highest BCUT2D eigenvalue weighted by Gasteiger charge is 2.34. The molecule has 3 aromatic rings. The minimum absolute atomic E-state index is 0.0359. The number of amides is 1. The minimum atomic E-state index is -4.81. The maximum Gasteiger partial charge on any atom is 0.416 e. The molecular formula is C32H35F6N3O3S. The molecule has 6 nitrogen and oxygen atoms in total. The van der Waals surface area contributed by atoms with Gasteiger partial charge in [-0.25, -0.2) is 13.1 Å². The highest BCUT2D eigenvalue weighted by Crippen LogP contribution is 2.34. The topological polar surface area (TPSA) is 87.3 Å². The molecule has 0 aromatic heterocycles. The molecule has 45 heavy (non-hydrogen) atoms. The van der Waals surface area contributed by atoms with Crippen LogP contribution in [0.5, 0.6) is 0 Å². The van der Waals surface area contributed by atoms with Gasteiger partial charge < -0.3 is 10.6 Å². The number of alkyl halides is 6. The maximum absolute atomic E-state index is 13.3. The third kappa shape index (κ3) is 9.30. The summed E-state index contributed by atoms with van der Waals surface area (Å²) in [4.78, 5) is 12.6. The smallest absolute Gasteiger partial charge is 0.349 e. The molecule has 0 saturated heterocycles. The molecule has 0 radical (unpaired) electrons. The van der Waals surface area contributed by atoms with Crippen molar-refractivity contribution >= 4 is 15.9 Å². The van der Waals surface area contributed by atoms with Crippen LogP contribution in [0.2, 0.25) is 0 Å². The number of fused-ring (bicyclic) bond motifs is 1. The van der Waals surface area contributed by atoms with E-state index >= 15 is 0 Å². The summed E-state index contributed by atoms with van der Waals surface area (Å²) in [5.41, 5.74) is 0.872. The van der Waals surface area contributed by atoms with E-state index in [1.54, 1.807) is 0 Å². The first kappa shape index (κ1) is 34.5. The van der Waals surface area contributed by atoms with Crippen LogP contribution in [0.1, 0.15) is 85.5 Å². The number of benzene rings is 3. The first-order chi connectivity index (χ1) is 20.8.